The summed E-state index contributed by atoms with van der Waals surface area (Å²) in [5.41, 5.74) is 3.10. The molecule has 0 aromatic heterocycles. The van der Waals surface area contributed by atoms with E-state index >= 15 is 0 Å². The number of hydrogen-bond donors (Lipinski definition) is 3. The van der Waals surface area contributed by atoms with Crippen LogP contribution in [0.2, 0.25) is 0 Å². The third-order valence-corrected chi connectivity index (χ3v) is 4.50. The zero-order chi connectivity index (χ0) is 17.1. The van der Waals surface area contributed by atoms with Gasteiger partial charge in [-0.15, -0.1) is 0 Å². The van der Waals surface area contributed by atoms with Gasteiger partial charge in [0.25, 0.3) is 5.91 Å². The number of thiocarbonyl (C=S) groups is 1. The Hall–Kier alpha value is -2.18. The monoisotopic (exact) mass is 401 g/mol. The molecular weight excluding hydrogens is 386 g/mol. The van der Waals surface area contributed by atoms with Gasteiger partial charge in [0.2, 0.25) is 0 Å². The average Bonchev–Trinajstić information content (AvgIpc) is 2.57. The minimum absolute atomic E-state index is 0.161. The van der Waals surface area contributed by atoms with Gasteiger partial charge in [-0.1, -0.05) is 46.3 Å². The van der Waals surface area contributed by atoms with E-state index in [0.717, 1.165) is 21.4 Å². The fourth-order valence-corrected chi connectivity index (χ4v) is 3.16. The van der Waals surface area contributed by atoms with Gasteiger partial charge in [0.1, 0.15) is 0 Å². The highest BCUT2D eigenvalue weighted by atomic mass is 79.9. The summed E-state index contributed by atoms with van der Waals surface area (Å²) in [6.45, 7) is 1.86. The van der Waals surface area contributed by atoms with Crippen LogP contribution in [-0.4, -0.2) is 11.0 Å². The third-order valence-electron chi connectivity index (χ3n) is 3.75. The van der Waals surface area contributed by atoms with E-state index in [1.54, 1.807) is 0 Å². The van der Waals surface area contributed by atoms with E-state index in [9.17, 15) is 4.79 Å². The van der Waals surface area contributed by atoms with E-state index < -0.39 is 0 Å². The zero-order valence-corrected chi connectivity index (χ0v) is 15.4. The number of benzene rings is 2. The normalized spacial score (nSPS) is 17.1. The summed E-state index contributed by atoms with van der Waals surface area (Å²) in [6, 6.07) is 17.0. The maximum Gasteiger partial charge on any atom is 0.255 e. The smallest absolute Gasteiger partial charge is 0.255 e. The summed E-state index contributed by atoms with van der Waals surface area (Å²) in [7, 11) is 0. The molecule has 0 saturated heterocycles. The number of anilines is 1. The fourth-order valence-electron chi connectivity index (χ4n) is 2.62. The van der Waals surface area contributed by atoms with Crippen molar-refractivity contribution in [2.24, 2.45) is 0 Å². The topological polar surface area (TPSA) is 53.2 Å². The third kappa shape index (κ3) is 3.66. The zero-order valence-electron chi connectivity index (χ0n) is 13.0. The lowest BCUT2D eigenvalue weighted by molar-refractivity contribution is -0.113. The Kier molecular flexibility index (Phi) is 4.97. The van der Waals surface area contributed by atoms with Crippen molar-refractivity contribution in [2.45, 2.75) is 13.0 Å². The first-order valence-electron chi connectivity index (χ1n) is 7.45. The molecule has 1 amide bonds. The van der Waals surface area contributed by atoms with Gasteiger partial charge in [-0.25, -0.2) is 0 Å². The molecule has 2 aromatic rings. The van der Waals surface area contributed by atoms with Gasteiger partial charge in [-0.2, -0.15) is 0 Å². The number of hydrogen-bond acceptors (Lipinski definition) is 2. The van der Waals surface area contributed by atoms with Crippen LogP contribution in [0.1, 0.15) is 18.5 Å². The van der Waals surface area contributed by atoms with Crippen molar-refractivity contribution >= 4 is 44.9 Å². The van der Waals surface area contributed by atoms with E-state index in [4.69, 9.17) is 12.2 Å². The molecule has 0 spiro atoms. The average molecular weight is 402 g/mol. The fraction of sp³-hybridized carbons (Fsp3) is 0.111. The molecule has 1 aliphatic heterocycles. The van der Waals surface area contributed by atoms with E-state index in [1.807, 2.05) is 61.5 Å². The van der Waals surface area contributed by atoms with Crippen molar-refractivity contribution in [1.29, 1.82) is 0 Å². The summed E-state index contributed by atoms with van der Waals surface area (Å²) >= 11 is 8.64. The quantitative estimate of drug-likeness (QED) is 0.683. The molecule has 6 heteroatoms. The standard InChI is InChI=1S/C18H16BrN3OS/c1-11-15(17(23)21-14-9-7-13(19)8-10-14)16(22-18(24)20-11)12-5-3-2-4-6-12/h2-10,16H,1H3,(H,21,23)(H2,20,22,24). The summed E-state index contributed by atoms with van der Waals surface area (Å²) in [5.74, 6) is -0.161. The first kappa shape index (κ1) is 16.7. The van der Waals surface area contributed by atoms with Crippen molar-refractivity contribution in [3.8, 4) is 0 Å². The van der Waals surface area contributed by atoms with Crippen LogP contribution in [0, 0.1) is 0 Å². The number of nitrogens with one attached hydrogen (secondary N) is 3. The van der Waals surface area contributed by atoms with E-state index in [2.05, 4.69) is 31.9 Å². The van der Waals surface area contributed by atoms with Crippen LogP contribution >= 0.6 is 28.1 Å². The van der Waals surface area contributed by atoms with Gasteiger partial charge in [-0.05, 0) is 49.0 Å². The number of carbonyl (C=O) groups excluding carboxylic acids is 1. The number of halogens is 1. The Morgan fingerprint density at radius 2 is 1.79 bits per heavy atom. The molecular formula is C18H16BrN3OS. The molecule has 3 rings (SSSR count). The van der Waals surface area contributed by atoms with Crippen molar-refractivity contribution in [2.75, 3.05) is 5.32 Å². The van der Waals surface area contributed by atoms with E-state index in [0.29, 0.717) is 10.7 Å². The molecule has 0 bridgehead atoms. The molecule has 4 nitrogen and oxygen atoms in total. The predicted molar refractivity (Wildman–Crippen MR) is 104 cm³/mol. The molecule has 122 valence electrons. The first-order valence-corrected chi connectivity index (χ1v) is 8.65. The summed E-state index contributed by atoms with van der Waals surface area (Å²) in [4.78, 5) is 12.8. The molecule has 0 fully saturated rings. The lowest BCUT2D eigenvalue weighted by Crippen LogP contribution is -2.45. The largest absolute Gasteiger partial charge is 0.351 e. The number of rotatable bonds is 3. The molecule has 2 aromatic carbocycles. The van der Waals surface area contributed by atoms with Crippen LogP contribution in [0.25, 0.3) is 0 Å². The van der Waals surface area contributed by atoms with Crippen LogP contribution in [0.15, 0.2) is 70.3 Å². The first-order chi connectivity index (χ1) is 11.5. The molecule has 1 aliphatic rings. The number of carbonyl (C=O) groups is 1. The van der Waals surface area contributed by atoms with Gasteiger partial charge in [0.15, 0.2) is 5.11 Å². The van der Waals surface area contributed by atoms with Gasteiger partial charge in [0.05, 0.1) is 11.6 Å². The molecule has 1 unspecified atom stereocenters. The molecule has 0 saturated carbocycles. The van der Waals surface area contributed by atoms with Crippen LogP contribution in [0.5, 0.6) is 0 Å². The highest BCUT2D eigenvalue weighted by Crippen LogP contribution is 2.27. The van der Waals surface area contributed by atoms with Crippen LogP contribution in [-0.2, 0) is 4.79 Å². The molecule has 3 N–H and O–H groups in total. The molecule has 0 aliphatic carbocycles. The van der Waals surface area contributed by atoms with Crippen LogP contribution in [0.3, 0.4) is 0 Å². The molecule has 1 heterocycles. The maximum atomic E-state index is 12.8. The maximum absolute atomic E-state index is 12.8. The van der Waals surface area contributed by atoms with E-state index in [-0.39, 0.29) is 11.9 Å². The van der Waals surface area contributed by atoms with Crippen molar-refractivity contribution < 1.29 is 4.79 Å². The highest BCUT2D eigenvalue weighted by Gasteiger charge is 2.29. The van der Waals surface area contributed by atoms with Gasteiger partial charge < -0.3 is 16.0 Å². The Labute approximate surface area is 154 Å². The Morgan fingerprint density at radius 1 is 1.12 bits per heavy atom. The van der Waals surface area contributed by atoms with Gasteiger partial charge >= 0.3 is 0 Å². The summed E-state index contributed by atoms with van der Waals surface area (Å²) in [6.07, 6.45) is 0. The summed E-state index contributed by atoms with van der Waals surface area (Å²) < 4.78 is 0.962. The second-order valence-electron chi connectivity index (χ2n) is 5.44. The Morgan fingerprint density at radius 3 is 2.46 bits per heavy atom. The van der Waals surface area contributed by atoms with Crippen LogP contribution in [0.4, 0.5) is 5.69 Å². The Balaban J connectivity index is 1.92. The minimum atomic E-state index is -0.282. The van der Waals surface area contributed by atoms with Gasteiger partial charge in [0, 0.05) is 15.9 Å². The number of allylic oxidation sites excluding steroid dienone is 1. The second-order valence-corrected chi connectivity index (χ2v) is 6.77. The Bertz CT molecular complexity index is 803. The van der Waals surface area contributed by atoms with Crippen molar-refractivity contribution in [3.63, 3.8) is 0 Å². The molecule has 0 radical (unpaired) electrons. The van der Waals surface area contributed by atoms with E-state index in [1.165, 1.54) is 0 Å². The predicted octanol–water partition coefficient (Wildman–Crippen LogP) is 3.88. The number of amides is 1. The lowest BCUT2D eigenvalue weighted by Gasteiger charge is -2.30. The SMILES string of the molecule is CC1=C(C(=O)Nc2ccc(Br)cc2)C(c2ccccc2)NC(=S)N1. The second kappa shape index (κ2) is 7.15. The highest BCUT2D eigenvalue weighted by molar-refractivity contribution is 9.10. The van der Waals surface area contributed by atoms with Crippen LogP contribution < -0.4 is 16.0 Å². The summed E-state index contributed by atoms with van der Waals surface area (Å²) in [5, 5.41) is 9.68. The van der Waals surface area contributed by atoms with Gasteiger partial charge in [-0.3, -0.25) is 4.79 Å². The lowest BCUT2D eigenvalue weighted by atomic mass is 9.95. The van der Waals surface area contributed by atoms with Crippen molar-refractivity contribution in [3.05, 3.63) is 75.9 Å². The molecule has 24 heavy (non-hydrogen) atoms. The minimum Gasteiger partial charge on any atom is -0.351 e. The molecule has 1 atom stereocenters. The van der Waals surface area contributed by atoms with Crippen molar-refractivity contribution in [1.82, 2.24) is 10.6 Å².